The first kappa shape index (κ1) is 13.9. The second kappa shape index (κ2) is 5.71. The molecule has 2 aromatic heterocycles. The predicted molar refractivity (Wildman–Crippen MR) is 75.0 cm³/mol. The summed E-state index contributed by atoms with van der Waals surface area (Å²) in [6.45, 7) is 5.18. The normalized spacial score (nSPS) is 19.0. The largest absolute Gasteiger partial charge is 0.469 e. The molecule has 21 heavy (non-hydrogen) atoms. The first-order valence-corrected chi connectivity index (χ1v) is 7.35. The Labute approximate surface area is 123 Å². The zero-order valence-electron chi connectivity index (χ0n) is 12.3. The number of nitrogens with zero attached hydrogens (tertiary/aromatic N) is 3. The molecule has 0 N–H and O–H groups in total. The van der Waals surface area contributed by atoms with Crippen LogP contribution in [-0.4, -0.2) is 34.0 Å². The number of carbonyl (C=O) groups is 1. The lowest BCUT2D eigenvalue weighted by Gasteiger charge is -2.30. The van der Waals surface area contributed by atoms with Crippen molar-refractivity contribution < 1.29 is 13.7 Å². The Morgan fingerprint density at radius 1 is 1.52 bits per heavy atom. The number of aromatic nitrogens is 2. The van der Waals surface area contributed by atoms with Crippen molar-refractivity contribution in [2.75, 3.05) is 13.1 Å². The Hall–Kier alpha value is -2.11. The highest BCUT2D eigenvalue weighted by molar-refractivity contribution is 5.95. The predicted octanol–water partition coefficient (Wildman–Crippen LogP) is 2.55. The van der Waals surface area contributed by atoms with Crippen LogP contribution < -0.4 is 0 Å². The SMILES string of the molecule is CCc1noc([C@@H]2CCCN(C(=O)c3ccoc3C)C2)n1. The molecule has 1 saturated heterocycles. The van der Waals surface area contributed by atoms with Gasteiger partial charge in [0.2, 0.25) is 5.89 Å². The minimum atomic E-state index is 0.0150. The number of hydrogen-bond acceptors (Lipinski definition) is 5. The highest BCUT2D eigenvalue weighted by Crippen LogP contribution is 2.27. The third-order valence-electron chi connectivity index (χ3n) is 3.95. The third-order valence-corrected chi connectivity index (χ3v) is 3.95. The first-order chi connectivity index (χ1) is 10.2. The highest BCUT2D eigenvalue weighted by Gasteiger charge is 2.29. The quantitative estimate of drug-likeness (QED) is 0.868. The van der Waals surface area contributed by atoms with E-state index in [1.165, 1.54) is 0 Å². The standard InChI is InChI=1S/C15H19N3O3/c1-3-13-16-14(21-17-13)11-5-4-7-18(9-11)15(19)12-6-8-20-10(12)2/h6,8,11H,3-5,7,9H2,1-2H3/t11-/m1/s1. The number of aryl methyl sites for hydroxylation is 2. The summed E-state index contributed by atoms with van der Waals surface area (Å²) in [4.78, 5) is 18.8. The van der Waals surface area contributed by atoms with Crippen molar-refractivity contribution in [3.8, 4) is 0 Å². The molecule has 1 amide bonds. The fraction of sp³-hybridized carbons (Fsp3) is 0.533. The average Bonchev–Trinajstić information content (AvgIpc) is 3.15. The Morgan fingerprint density at radius 3 is 3.05 bits per heavy atom. The van der Waals surface area contributed by atoms with E-state index in [-0.39, 0.29) is 11.8 Å². The van der Waals surface area contributed by atoms with Gasteiger partial charge in [-0.2, -0.15) is 4.98 Å². The molecule has 0 aromatic carbocycles. The molecule has 1 aliphatic heterocycles. The maximum atomic E-state index is 12.5. The van der Waals surface area contributed by atoms with E-state index in [2.05, 4.69) is 10.1 Å². The number of piperidine rings is 1. The lowest BCUT2D eigenvalue weighted by Crippen LogP contribution is -2.39. The van der Waals surface area contributed by atoms with Gasteiger partial charge in [0.05, 0.1) is 17.7 Å². The molecule has 0 bridgehead atoms. The van der Waals surface area contributed by atoms with Crippen molar-refractivity contribution in [2.24, 2.45) is 0 Å². The summed E-state index contributed by atoms with van der Waals surface area (Å²) in [6.07, 6.45) is 4.22. The van der Waals surface area contributed by atoms with Crippen LogP contribution in [0.3, 0.4) is 0 Å². The maximum absolute atomic E-state index is 12.5. The van der Waals surface area contributed by atoms with Gasteiger partial charge in [0.15, 0.2) is 5.82 Å². The highest BCUT2D eigenvalue weighted by atomic mass is 16.5. The Bertz CT molecular complexity index is 632. The van der Waals surface area contributed by atoms with E-state index in [1.807, 2.05) is 11.8 Å². The van der Waals surface area contributed by atoms with Gasteiger partial charge in [0.25, 0.3) is 5.91 Å². The van der Waals surface area contributed by atoms with Gasteiger partial charge in [-0.3, -0.25) is 4.79 Å². The van der Waals surface area contributed by atoms with Gasteiger partial charge in [-0.15, -0.1) is 0 Å². The first-order valence-electron chi connectivity index (χ1n) is 7.35. The summed E-state index contributed by atoms with van der Waals surface area (Å²) >= 11 is 0. The molecule has 6 nitrogen and oxygen atoms in total. The van der Waals surface area contributed by atoms with E-state index >= 15 is 0 Å². The van der Waals surface area contributed by atoms with Crippen molar-refractivity contribution in [1.82, 2.24) is 15.0 Å². The second-order valence-corrected chi connectivity index (χ2v) is 5.38. The summed E-state index contributed by atoms with van der Waals surface area (Å²) in [7, 11) is 0. The van der Waals surface area contributed by atoms with Crippen LogP contribution in [0.4, 0.5) is 0 Å². The molecule has 1 fully saturated rings. The van der Waals surface area contributed by atoms with E-state index in [9.17, 15) is 4.79 Å². The molecule has 0 spiro atoms. The van der Waals surface area contributed by atoms with Gasteiger partial charge in [-0.1, -0.05) is 12.1 Å². The van der Waals surface area contributed by atoms with Crippen molar-refractivity contribution in [2.45, 2.75) is 39.0 Å². The fourth-order valence-electron chi connectivity index (χ4n) is 2.72. The molecule has 0 radical (unpaired) electrons. The van der Waals surface area contributed by atoms with E-state index < -0.39 is 0 Å². The van der Waals surface area contributed by atoms with E-state index in [0.29, 0.717) is 23.8 Å². The summed E-state index contributed by atoms with van der Waals surface area (Å²) < 4.78 is 10.5. The van der Waals surface area contributed by atoms with Crippen LogP contribution in [0.2, 0.25) is 0 Å². The van der Waals surface area contributed by atoms with Gasteiger partial charge in [-0.05, 0) is 25.8 Å². The van der Waals surface area contributed by atoms with Crippen molar-refractivity contribution in [3.05, 3.63) is 35.4 Å². The minimum absolute atomic E-state index is 0.0150. The van der Waals surface area contributed by atoms with Gasteiger partial charge in [0.1, 0.15) is 5.76 Å². The van der Waals surface area contributed by atoms with Crippen molar-refractivity contribution in [1.29, 1.82) is 0 Å². The zero-order chi connectivity index (χ0) is 14.8. The smallest absolute Gasteiger partial charge is 0.257 e. The molecule has 1 atom stereocenters. The fourth-order valence-corrected chi connectivity index (χ4v) is 2.72. The Morgan fingerprint density at radius 2 is 2.38 bits per heavy atom. The number of amides is 1. The van der Waals surface area contributed by atoms with Crippen molar-refractivity contribution >= 4 is 5.91 Å². The van der Waals surface area contributed by atoms with Crippen molar-refractivity contribution in [3.63, 3.8) is 0 Å². The molecule has 112 valence electrons. The molecule has 2 aromatic rings. The summed E-state index contributed by atoms with van der Waals surface area (Å²) in [5.74, 6) is 2.17. The molecular weight excluding hydrogens is 270 g/mol. The Kier molecular flexibility index (Phi) is 3.77. The number of carbonyl (C=O) groups excluding carboxylic acids is 1. The summed E-state index contributed by atoms with van der Waals surface area (Å²) in [5, 5.41) is 3.94. The molecule has 6 heteroatoms. The van der Waals surface area contributed by atoms with Crippen LogP contribution in [-0.2, 0) is 6.42 Å². The van der Waals surface area contributed by atoms with E-state index in [0.717, 1.165) is 31.6 Å². The molecule has 3 heterocycles. The van der Waals surface area contributed by atoms with E-state index in [4.69, 9.17) is 8.94 Å². The van der Waals surface area contributed by atoms with Crippen LogP contribution in [0.25, 0.3) is 0 Å². The van der Waals surface area contributed by atoms with Gasteiger partial charge >= 0.3 is 0 Å². The molecule has 0 aliphatic carbocycles. The summed E-state index contributed by atoms with van der Waals surface area (Å²) in [6, 6.07) is 1.73. The Balaban J connectivity index is 1.74. The van der Waals surface area contributed by atoms with Gasteiger partial charge in [-0.25, -0.2) is 0 Å². The molecular formula is C15H19N3O3. The second-order valence-electron chi connectivity index (χ2n) is 5.38. The van der Waals surface area contributed by atoms with Crippen LogP contribution in [0.1, 0.15) is 53.5 Å². The zero-order valence-corrected chi connectivity index (χ0v) is 12.3. The van der Waals surface area contributed by atoms with Crippen LogP contribution in [0, 0.1) is 6.92 Å². The molecule has 1 aliphatic rings. The van der Waals surface area contributed by atoms with Crippen LogP contribution in [0.15, 0.2) is 21.3 Å². The monoisotopic (exact) mass is 289 g/mol. The third kappa shape index (κ3) is 2.70. The van der Waals surface area contributed by atoms with E-state index in [1.54, 1.807) is 19.3 Å². The maximum Gasteiger partial charge on any atom is 0.257 e. The number of furan rings is 1. The molecule has 0 unspecified atom stereocenters. The summed E-state index contributed by atoms with van der Waals surface area (Å²) in [5.41, 5.74) is 0.635. The molecule has 0 saturated carbocycles. The topological polar surface area (TPSA) is 72.4 Å². The number of hydrogen-bond donors (Lipinski definition) is 0. The number of rotatable bonds is 3. The lowest BCUT2D eigenvalue weighted by molar-refractivity contribution is 0.0694. The molecule has 3 rings (SSSR count). The van der Waals surface area contributed by atoms with Crippen LogP contribution in [0.5, 0.6) is 0 Å². The van der Waals surface area contributed by atoms with Gasteiger partial charge < -0.3 is 13.8 Å². The van der Waals surface area contributed by atoms with Gasteiger partial charge in [0, 0.05) is 19.5 Å². The number of likely N-dealkylation sites (tertiary alicyclic amines) is 1. The average molecular weight is 289 g/mol. The van der Waals surface area contributed by atoms with Crippen LogP contribution >= 0.6 is 0 Å². The lowest BCUT2D eigenvalue weighted by atomic mass is 9.97. The minimum Gasteiger partial charge on any atom is -0.469 e.